The molecule has 2 rings (SSSR count). The summed E-state index contributed by atoms with van der Waals surface area (Å²) in [5.41, 5.74) is 6.86. The van der Waals surface area contributed by atoms with Crippen molar-refractivity contribution in [1.82, 2.24) is 0 Å². The number of carbonyl (C=O) groups is 1. The van der Waals surface area contributed by atoms with E-state index in [0.29, 0.717) is 0 Å². The van der Waals surface area contributed by atoms with Gasteiger partial charge >= 0.3 is 18.9 Å². The number of rotatable bonds is 5. The average molecular weight is 350 g/mol. The third kappa shape index (κ3) is 5.21. The Morgan fingerprint density at radius 3 is 2.12 bits per heavy atom. The van der Waals surface area contributed by atoms with Crippen LogP contribution in [0.15, 0.2) is 24.3 Å². The van der Waals surface area contributed by atoms with Crippen LogP contribution in [-0.4, -0.2) is 30.5 Å². The van der Waals surface area contributed by atoms with Gasteiger partial charge in [0, 0.05) is 5.56 Å². The summed E-state index contributed by atoms with van der Waals surface area (Å²) in [6.45, 7) is 14.3. The fourth-order valence-electron chi connectivity index (χ4n) is 2.94. The predicted molar refractivity (Wildman–Crippen MR) is 112 cm³/mol. The molecule has 0 aliphatic rings. The Labute approximate surface area is 165 Å². The molecule has 130 valence electrons. The number of ether oxygens (including phenoxy) is 1. The Bertz CT molecular complexity index is 782. The fraction of sp³-hybridized carbons (Fsp3) is 0.381. The van der Waals surface area contributed by atoms with E-state index in [1.54, 1.807) is 0 Å². The Balaban J connectivity index is 0.00000312. The van der Waals surface area contributed by atoms with Gasteiger partial charge in [0.15, 0.2) is 5.52 Å². The first-order valence-electron chi connectivity index (χ1n) is 8.36. The van der Waals surface area contributed by atoms with Crippen molar-refractivity contribution in [2.75, 3.05) is 0 Å². The molecule has 0 radical (unpaired) electrons. The number of carbonyl (C=O) groups excluding carboxylic acids is 1. The fourth-order valence-corrected chi connectivity index (χ4v) is 4.13. The molecule has 4 heteroatoms. The zero-order valence-electron chi connectivity index (χ0n) is 15.7. The quantitative estimate of drug-likeness (QED) is 0.586. The van der Waals surface area contributed by atoms with Crippen LogP contribution in [-0.2, 0) is 0 Å². The third-order valence-electron chi connectivity index (χ3n) is 4.40. The summed E-state index contributed by atoms with van der Waals surface area (Å²) >= 11 is 0. The van der Waals surface area contributed by atoms with E-state index in [1.165, 1.54) is 11.1 Å². The molecule has 2 aromatic rings. The van der Waals surface area contributed by atoms with Crippen molar-refractivity contribution in [3.63, 3.8) is 0 Å². The van der Waals surface area contributed by atoms with E-state index in [1.807, 2.05) is 45.9 Å². The second kappa shape index (κ2) is 9.04. The van der Waals surface area contributed by atoms with E-state index in [4.69, 9.17) is 4.74 Å². The van der Waals surface area contributed by atoms with Crippen LogP contribution in [0.1, 0.15) is 52.0 Å². The van der Waals surface area contributed by atoms with Crippen molar-refractivity contribution in [3.8, 4) is 5.75 Å². The third-order valence-corrected chi connectivity index (χ3v) is 5.71. The van der Waals surface area contributed by atoms with Crippen LogP contribution in [0.2, 0.25) is 0 Å². The standard InChI is InChI=1S/C21H27O2P.Li.H/c1-12(2)23-18-8-9-19(14(4)11-18)24-21(22)20-15(5)10-13(3)16(6)17(20)7;;/h8-12,24H,1-7H3;;. The van der Waals surface area contributed by atoms with Gasteiger partial charge in [0.2, 0.25) is 0 Å². The van der Waals surface area contributed by atoms with Crippen LogP contribution in [0.5, 0.6) is 5.75 Å². The molecular formula is C21H28LiO2P. The Hall–Kier alpha value is -1.06. The van der Waals surface area contributed by atoms with Gasteiger partial charge in [-0.15, -0.1) is 0 Å². The molecule has 0 N–H and O–H groups in total. The number of benzene rings is 2. The molecule has 0 aliphatic heterocycles. The minimum atomic E-state index is 0. The van der Waals surface area contributed by atoms with Gasteiger partial charge < -0.3 is 4.74 Å². The molecule has 2 nitrogen and oxygen atoms in total. The number of hydrogen-bond acceptors (Lipinski definition) is 2. The van der Waals surface area contributed by atoms with Crippen LogP contribution in [0, 0.1) is 34.6 Å². The van der Waals surface area contributed by atoms with E-state index < -0.39 is 0 Å². The van der Waals surface area contributed by atoms with E-state index in [-0.39, 0.29) is 39.1 Å². The van der Waals surface area contributed by atoms with Gasteiger partial charge in [-0.05, 0) is 102 Å². The van der Waals surface area contributed by atoms with Crippen LogP contribution in [0.4, 0.5) is 0 Å². The van der Waals surface area contributed by atoms with Crippen molar-refractivity contribution >= 4 is 38.3 Å². The minimum absolute atomic E-state index is 0. The summed E-state index contributed by atoms with van der Waals surface area (Å²) in [7, 11) is 0.138. The molecule has 0 heterocycles. The molecule has 1 atom stereocenters. The maximum atomic E-state index is 12.9. The second-order valence-corrected chi connectivity index (χ2v) is 7.98. The van der Waals surface area contributed by atoms with Gasteiger partial charge in [-0.2, -0.15) is 0 Å². The molecule has 0 saturated carbocycles. The first-order chi connectivity index (χ1) is 11.2. The molecule has 0 fully saturated rings. The average Bonchev–Trinajstić information content (AvgIpc) is 2.47. The number of aryl methyl sites for hydroxylation is 3. The van der Waals surface area contributed by atoms with Crippen molar-refractivity contribution in [1.29, 1.82) is 0 Å². The molecule has 25 heavy (non-hydrogen) atoms. The molecule has 0 spiro atoms. The zero-order valence-corrected chi connectivity index (χ0v) is 16.7. The molecule has 2 aromatic carbocycles. The van der Waals surface area contributed by atoms with E-state index in [9.17, 15) is 4.79 Å². The summed E-state index contributed by atoms with van der Waals surface area (Å²) < 4.78 is 5.72. The first-order valence-corrected chi connectivity index (χ1v) is 9.36. The predicted octanol–water partition coefficient (Wildman–Crippen LogP) is 4.51. The Morgan fingerprint density at radius 1 is 0.920 bits per heavy atom. The van der Waals surface area contributed by atoms with E-state index >= 15 is 0 Å². The molecule has 0 bridgehead atoms. The van der Waals surface area contributed by atoms with Crippen molar-refractivity contribution < 1.29 is 9.53 Å². The summed E-state index contributed by atoms with van der Waals surface area (Å²) in [6, 6.07) is 8.13. The number of hydrogen-bond donors (Lipinski definition) is 0. The Morgan fingerprint density at radius 2 is 1.56 bits per heavy atom. The topological polar surface area (TPSA) is 26.3 Å². The van der Waals surface area contributed by atoms with Gasteiger partial charge in [-0.25, -0.2) is 0 Å². The normalized spacial score (nSPS) is 11.0. The van der Waals surface area contributed by atoms with Gasteiger partial charge in [-0.1, -0.05) is 12.1 Å². The molecule has 1 unspecified atom stereocenters. The zero-order chi connectivity index (χ0) is 18.0. The first kappa shape index (κ1) is 22.0. The molecule has 0 saturated heterocycles. The second-order valence-electron chi connectivity index (χ2n) is 6.73. The van der Waals surface area contributed by atoms with Crippen molar-refractivity contribution in [2.24, 2.45) is 0 Å². The van der Waals surface area contributed by atoms with Crippen LogP contribution < -0.4 is 10.0 Å². The summed E-state index contributed by atoms with van der Waals surface area (Å²) in [6.07, 6.45) is 0.153. The Kier molecular flexibility index (Phi) is 7.95. The van der Waals surface area contributed by atoms with Crippen molar-refractivity contribution in [3.05, 3.63) is 57.6 Å². The molecule has 0 amide bonds. The molecule has 0 aliphatic carbocycles. The monoisotopic (exact) mass is 350 g/mol. The van der Waals surface area contributed by atoms with Gasteiger partial charge in [0.25, 0.3) is 0 Å². The van der Waals surface area contributed by atoms with E-state index in [2.05, 4.69) is 26.8 Å². The molecular weight excluding hydrogens is 322 g/mol. The van der Waals surface area contributed by atoms with E-state index in [0.717, 1.165) is 33.3 Å². The van der Waals surface area contributed by atoms with Crippen molar-refractivity contribution in [2.45, 2.75) is 54.6 Å². The summed E-state index contributed by atoms with van der Waals surface area (Å²) in [5.74, 6) is 0.863. The van der Waals surface area contributed by atoms with Gasteiger partial charge in [0.05, 0.1) is 6.10 Å². The maximum absolute atomic E-state index is 12.9. The van der Waals surface area contributed by atoms with Crippen LogP contribution >= 0.6 is 8.58 Å². The van der Waals surface area contributed by atoms with Gasteiger partial charge in [0.1, 0.15) is 5.75 Å². The van der Waals surface area contributed by atoms with Crippen LogP contribution in [0.3, 0.4) is 0 Å². The summed E-state index contributed by atoms with van der Waals surface area (Å²) in [5, 5.41) is 1.09. The summed E-state index contributed by atoms with van der Waals surface area (Å²) in [4.78, 5) is 12.9. The van der Waals surface area contributed by atoms with Gasteiger partial charge in [-0.3, -0.25) is 4.79 Å². The van der Waals surface area contributed by atoms with Crippen LogP contribution in [0.25, 0.3) is 0 Å². The SMILES string of the molecule is Cc1cc(OC(C)C)ccc1PC(=O)c1c(C)cc(C)c(C)c1C.[LiH]. The molecule has 0 aromatic heterocycles.